The normalized spacial score (nSPS) is 19.0. The minimum absolute atomic E-state index is 0.587. The van der Waals surface area contributed by atoms with E-state index in [-0.39, 0.29) is 0 Å². The summed E-state index contributed by atoms with van der Waals surface area (Å²) in [7, 11) is 0. The van der Waals surface area contributed by atoms with Gasteiger partial charge in [-0.1, -0.05) is 43.7 Å². The average Bonchev–Trinajstić information content (AvgIpc) is 2.57. The predicted molar refractivity (Wildman–Crippen MR) is 94.5 cm³/mol. The lowest BCUT2D eigenvalue weighted by molar-refractivity contribution is 0.158. The minimum atomic E-state index is 0.587. The number of hydrogen-bond acceptors (Lipinski definition) is 4. The first-order valence-corrected chi connectivity index (χ1v) is 8.58. The fourth-order valence-electron chi connectivity index (χ4n) is 3.35. The van der Waals surface area contributed by atoms with Crippen LogP contribution in [0.4, 0.5) is 5.82 Å². The van der Waals surface area contributed by atoms with E-state index in [0.717, 1.165) is 37.7 Å². The van der Waals surface area contributed by atoms with Gasteiger partial charge in [0.2, 0.25) is 0 Å². The van der Waals surface area contributed by atoms with Crippen molar-refractivity contribution >= 4 is 5.82 Å². The summed E-state index contributed by atoms with van der Waals surface area (Å²) in [6.45, 7) is 8.51. The van der Waals surface area contributed by atoms with Crippen molar-refractivity contribution in [3.8, 4) is 0 Å². The molecule has 0 aliphatic carbocycles. The molecule has 1 atom stereocenters. The van der Waals surface area contributed by atoms with Crippen LogP contribution in [-0.2, 0) is 6.54 Å². The number of benzene rings is 1. The molecular weight excluding hydrogens is 284 g/mol. The van der Waals surface area contributed by atoms with Gasteiger partial charge in [0.25, 0.3) is 0 Å². The highest BCUT2D eigenvalue weighted by Crippen LogP contribution is 2.21. The number of aromatic nitrogens is 2. The number of anilines is 1. The Kier molecular flexibility index (Phi) is 5.23. The quantitative estimate of drug-likeness (QED) is 0.848. The molecule has 4 heteroatoms. The molecule has 0 radical (unpaired) electrons. The summed E-state index contributed by atoms with van der Waals surface area (Å²) in [6.07, 6.45) is 4.12. The van der Waals surface area contributed by atoms with Gasteiger partial charge in [0.15, 0.2) is 0 Å². The van der Waals surface area contributed by atoms with E-state index in [0.29, 0.717) is 6.04 Å². The second-order valence-electron chi connectivity index (χ2n) is 6.36. The molecule has 1 aromatic carbocycles. The van der Waals surface area contributed by atoms with E-state index in [2.05, 4.69) is 63.1 Å². The van der Waals surface area contributed by atoms with Crippen LogP contribution in [0.3, 0.4) is 0 Å². The third-order valence-corrected chi connectivity index (χ3v) is 4.57. The Hall–Kier alpha value is -1.94. The Morgan fingerprint density at radius 3 is 2.70 bits per heavy atom. The lowest BCUT2D eigenvalue weighted by Crippen LogP contribution is -2.53. The maximum absolute atomic E-state index is 4.46. The van der Waals surface area contributed by atoms with E-state index in [1.165, 1.54) is 18.4 Å². The highest BCUT2D eigenvalue weighted by atomic mass is 15.3. The molecule has 122 valence electrons. The van der Waals surface area contributed by atoms with Gasteiger partial charge >= 0.3 is 0 Å². The second kappa shape index (κ2) is 7.55. The highest BCUT2D eigenvalue weighted by molar-refractivity contribution is 5.39. The zero-order valence-electron chi connectivity index (χ0n) is 14.2. The van der Waals surface area contributed by atoms with Crippen molar-refractivity contribution in [2.75, 3.05) is 24.5 Å². The fraction of sp³-hybridized carbons (Fsp3) is 0.474. The van der Waals surface area contributed by atoms with Crippen molar-refractivity contribution in [3.05, 3.63) is 54.0 Å². The Bertz CT molecular complexity index is 614. The molecule has 1 aliphatic rings. The van der Waals surface area contributed by atoms with Crippen LogP contribution in [0, 0.1) is 6.92 Å². The SMILES string of the molecule is CCCC1CN(c2cc(C)ncn2)CCN1Cc1ccccc1. The van der Waals surface area contributed by atoms with Crippen LogP contribution in [0.2, 0.25) is 0 Å². The van der Waals surface area contributed by atoms with Gasteiger partial charge in [-0.25, -0.2) is 9.97 Å². The number of piperazine rings is 1. The molecule has 4 nitrogen and oxygen atoms in total. The van der Waals surface area contributed by atoms with Crippen LogP contribution in [0.5, 0.6) is 0 Å². The largest absolute Gasteiger partial charge is 0.354 e. The van der Waals surface area contributed by atoms with Crippen molar-refractivity contribution in [1.29, 1.82) is 0 Å². The molecular formula is C19H26N4. The number of aryl methyl sites for hydroxylation is 1. The summed E-state index contributed by atoms with van der Waals surface area (Å²) >= 11 is 0. The van der Waals surface area contributed by atoms with Gasteiger partial charge in [-0.3, -0.25) is 4.90 Å². The monoisotopic (exact) mass is 310 g/mol. The topological polar surface area (TPSA) is 32.3 Å². The van der Waals surface area contributed by atoms with Gasteiger partial charge in [-0.2, -0.15) is 0 Å². The third kappa shape index (κ3) is 4.08. The van der Waals surface area contributed by atoms with Gasteiger partial charge in [0, 0.05) is 44.0 Å². The molecule has 3 rings (SSSR count). The molecule has 1 aliphatic heterocycles. The maximum Gasteiger partial charge on any atom is 0.132 e. The number of hydrogen-bond donors (Lipinski definition) is 0. The molecule has 1 fully saturated rings. The van der Waals surface area contributed by atoms with E-state index in [4.69, 9.17) is 0 Å². The van der Waals surface area contributed by atoms with Crippen LogP contribution >= 0.6 is 0 Å². The van der Waals surface area contributed by atoms with Gasteiger partial charge in [0.05, 0.1) is 0 Å². The minimum Gasteiger partial charge on any atom is -0.354 e. The van der Waals surface area contributed by atoms with Gasteiger partial charge in [-0.15, -0.1) is 0 Å². The maximum atomic E-state index is 4.46. The summed E-state index contributed by atoms with van der Waals surface area (Å²) in [5, 5.41) is 0. The predicted octanol–water partition coefficient (Wildman–Crippen LogP) is 3.28. The van der Waals surface area contributed by atoms with Crippen molar-refractivity contribution in [1.82, 2.24) is 14.9 Å². The van der Waals surface area contributed by atoms with E-state index in [1.807, 2.05) is 6.92 Å². The van der Waals surface area contributed by atoms with Crippen LogP contribution < -0.4 is 4.90 Å². The smallest absolute Gasteiger partial charge is 0.132 e. The average molecular weight is 310 g/mol. The zero-order chi connectivity index (χ0) is 16.1. The Balaban J connectivity index is 1.70. The zero-order valence-corrected chi connectivity index (χ0v) is 14.2. The van der Waals surface area contributed by atoms with Gasteiger partial charge in [-0.05, 0) is 18.9 Å². The Morgan fingerprint density at radius 1 is 1.13 bits per heavy atom. The summed E-state index contributed by atoms with van der Waals surface area (Å²) in [6, 6.07) is 13.5. The molecule has 2 aromatic rings. The fourth-order valence-corrected chi connectivity index (χ4v) is 3.35. The van der Waals surface area contributed by atoms with E-state index in [9.17, 15) is 0 Å². The van der Waals surface area contributed by atoms with E-state index < -0.39 is 0 Å². The first kappa shape index (κ1) is 15.9. The first-order chi connectivity index (χ1) is 11.3. The van der Waals surface area contributed by atoms with Crippen molar-refractivity contribution in [2.24, 2.45) is 0 Å². The van der Waals surface area contributed by atoms with Crippen LogP contribution in [0.25, 0.3) is 0 Å². The molecule has 2 heterocycles. The summed E-state index contributed by atoms with van der Waals surface area (Å²) in [4.78, 5) is 13.7. The first-order valence-electron chi connectivity index (χ1n) is 8.58. The van der Waals surface area contributed by atoms with E-state index in [1.54, 1.807) is 6.33 Å². The molecule has 1 aromatic heterocycles. The number of rotatable bonds is 5. The molecule has 23 heavy (non-hydrogen) atoms. The van der Waals surface area contributed by atoms with Crippen LogP contribution in [0.15, 0.2) is 42.7 Å². The second-order valence-corrected chi connectivity index (χ2v) is 6.36. The van der Waals surface area contributed by atoms with Crippen LogP contribution in [-0.4, -0.2) is 40.5 Å². The molecule has 0 amide bonds. The summed E-state index contributed by atoms with van der Waals surface area (Å²) in [5.74, 6) is 1.07. The van der Waals surface area contributed by atoms with Crippen molar-refractivity contribution in [3.63, 3.8) is 0 Å². The van der Waals surface area contributed by atoms with Crippen molar-refractivity contribution < 1.29 is 0 Å². The van der Waals surface area contributed by atoms with Crippen LogP contribution in [0.1, 0.15) is 31.0 Å². The Morgan fingerprint density at radius 2 is 1.96 bits per heavy atom. The van der Waals surface area contributed by atoms with Crippen molar-refractivity contribution in [2.45, 2.75) is 39.3 Å². The standard InChI is InChI=1S/C19H26N4/c1-3-7-18-14-23(19-12-16(2)20-15-21-19)11-10-22(18)13-17-8-5-4-6-9-17/h4-6,8-9,12,15,18H,3,7,10-11,13-14H2,1-2H3. The molecule has 1 saturated heterocycles. The molecule has 0 spiro atoms. The molecule has 0 saturated carbocycles. The van der Waals surface area contributed by atoms with Gasteiger partial charge < -0.3 is 4.90 Å². The summed E-state index contributed by atoms with van der Waals surface area (Å²) < 4.78 is 0. The number of nitrogens with zero attached hydrogens (tertiary/aromatic N) is 4. The lowest BCUT2D eigenvalue weighted by Gasteiger charge is -2.42. The molecule has 1 unspecified atom stereocenters. The molecule has 0 N–H and O–H groups in total. The van der Waals surface area contributed by atoms with E-state index >= 15 is 0 Å². The highest BCUT2D eigenvalue weighted by Gasteiger charge is 2.27. The summed E-state index contributed by atoms with van der Waals surface area (Å²) in [5.41, 5.74) is 2.44. The van der Waals surface area contributed by atoms with Gasteiger partial charge in [0.1, 0.15) is 12.1 Å². The molecule has 0 bridgehead atoms. The lowest BCUT2D eigenvalue weighted by atomic mass is 10.0. The third-order valence-electron chi connectivity index (χ3n) is 4.57. The Labute approximate surface area is 139 Å².